The van der Waals surface area contributed by atoms with Gasteiger partial charge in [-0.15, -0.1) is 0 Å². The van der Waals surface area contributed by atoms with Gasteiger partial charge in [0.05, 0.1) is 16.9 Å². The molecule has 0 radical (unpaired) electrons. The summed E-state index contributed by atoms with van der Waals surface area (Å²) >= 11 is 0. The molecule has 0 spiro atoms. The minimum Gasteiger partial charge on any atom is -0.479 e. The Bertz CT molecular complexity index is 1800. The number of carbonyl (C=O) groups excluding carboxylic acids is 6. The van der Waals surface area contributed by atoms with Gasteiger partial charge in [-0.05, 0) is 125 Å². The number of esters is 2. The Labute approximate surface area is 337 Å². The van der Waals surface area contributed by atoms with Gasteiger partial charge in [-0.2, -0.15) is 0 Å². The third-order valence-corrected chi connectivity index (χ3v) is 6.53. The van der Waals surface area contributed by atoms with Gasteiger partial charge in [-0.3, -0.25) is 25.1 Å². The second-order valence-electron chi connectivity index (χ2n) is 16.7. The van der Waals surface area contributed by atoms with E-state index in [2.05, 4.69) is 15.6 Å². The molecule has 318 valence electrons. The number of nitrogens with zero attached hydrogens (tertiary/aromatic N) is 2. The number of amides is 3. The van der Waals surface area contributed by atoms with E-state index < -0.39 is 90.2 Å². The number of benzene rings is 2. The SMILES string of the molecule is CC(C)(C)OCC(=O)[C@@H](C(=O)O)N(CC(=O)OC(C)(C)C)C(=O)OCc1ccc(OC(=O)c2ccc(N=C(NC(=O)OC(C)(C)C)NC(=O)OC(C)(C)C)cc2)cc1. The van der Waals surface area contributed by atoms with Gasteiger partial charge in [0, 0.05) is 0 Å². The highest BCUT2D eigenvalue weighted by atomic mass is 16.6. The summed E-state index contributed by atoms with van der Waals surface area (Å²) in [6, 6.07) is 9.35. The molecule has 0 aliphatic carbocycles. The van der Waals surface area contributed by atoms with Gasteiger partial charge >= 0.3 is 36.2 Å². The lowest BCUT2D eigenvalue weighted by molar-refractivity contribution is -0.159. The zero-order chi connectivity index (χ0) is 44.2. The molecule has 0 aliphatic heterocycles. The largest absolute Gasteiger partial charge is 0.479 e. The molecule has 18 nitrogen and oxygen atoms in total. The number of guanidine groups is 1. The van der Waals surface area contributed by atoms with E-state index in [-0.39, 0.29) is 23.0 Å². The molecule has 3 N–H and O–H groups in total. The number of aliphatic carboxylic acids is 1. The first-order valence-electron chi connectivity index (χ1n) is 18.0. The van der Waals surface area contributed by atoms with Crippen molar-refractivity contribution in [2.24, 2.45) is 4.99 Å². The van der Waals surface area contributed by atoms with Gasteiger partial charge in [-0.25, -0.2) is 29.0 Å². The van der Waals surface area contributed by atoms with E-state index in [4.69, 9.17) is 28.4 Å². The van der Waals surface area contributed by atoms with E-state index in [1.807, 2.05) is 0 Å². The van der Waals surface area contributed by atoms with Gasteiger partial charge in [0.25, 0.3) is 0 Å². The number of carbonyl (C=O) groups is 7. The Morgan fingerprint density at radius 2 is 1.19 bits per heavy atom. The summed E-state index contributed by atoms with van der Waals surface area (Å²) in [6.45, 7) is 17.7. The predicted molar refractivity (Wildman–Crippen MR) is 209 cm³/mol. The molecule has 0 saturated carbocycles. The molecule has 58 heavy (non-hydrogen) atoms. The summed E-state index contributed by atoms with van der Waals surface area (Å²) in [5, 5.41) is 14.6. The maximum Gasteiger partial charge on any atom is 0.414 e. The van der Waals surface area contributed by atoms with Crippen LogP contribution in [0.3, 0.4) is 0 Å². The van der Waals surface area contributed by atoms with Crippen molar-refractivity contribution >= 4 is 53.6 Å². The molecule has 0 heterocycles. The van der Waals surface area contributed by atoms with Crippen LogP contribution >= 0.6 is 0 Å². The zero-order valence-electron chi connectivity index (χ0n) is 35.0. The zero-order valence-corrected chi connectivity index (χ0v) is 35.0. The van der Waals surface area contributed by atoms with E-state index in [1.54, 1.807) is 83.1 Å². The van der Waals surface area contributed by atoms with Crippen molar-refractivity contribution in [3.63, 3.8) is 0 Å². The summed E-state index contributed by atoms with van der Waals surface area (Å²) in [6.07, 6.45) is -3.04. The Hall–Kier alpha value is -6.04. The number of aliphatic imine (C=N–C) groups is 1. The van der Waals surface area contributed by atoms with E-state index in [1.165, 1.54) is 48.5 Å². The fraction of sp³-hybridized carbons (Fsp3) is 0.500. The summed E-state index contributed by atoms with van der Waals surface area (Å²) in [7, 11) is 0. The van der Waals surface area contributed by atoms with Gasteiger partial charge in [0.1, 0.15) is 42.3 Å². The first kappa shape index (κ1) is 48.1. The lowest BCUT2D eigenvalue weighted by atomic mass is 10.1. The lowest BCUT2D eigenvalue weighted by Crippen LogP contribution is -2.53. The highest BCUT2D eigenvalue weighted by Crippen LogP contribution is 2.19. The molecule has 2 aromatic rings. The van der Waals surface area contributed by atoms with Crippen LogP contribution in [0.1, 0.15) is 99.0 Å². The van der Waals surface area contributed by atoms with Crippen molar-refractivity contribution in [3.05, 3.63) is 59.7 Å². The Kier molecular flexibility index (Phi) is 16.5. The van der Waals surface area contributed by atoms with E-state index in [9.17, 15) is 38.7 Å². The van der Waals surface area contributed by atoms with Gasteiger partial charge in [-0.1, -0.05) is 12.1 Å². The van der Waals surface area contributed by atoms with Crippen LogP contribution in [-0.4, -0.2) is 99.5 Å². The third-order valence-electron chi connectivity index (χ3n) is 6.53. The van der Waals surface area contributed by atoms with Crippen LogP contribution in [-0.2, 0) is 44.7 Å². The number of ether oxygens (including phenoxy) is 6. The fourth-order valence-electron chi connectivity index (χ4n) is 4.32. The number of hydrogen-bond donors (Lipinski definition) is 3. The van der Waals surface area contributed by atoms with E-state index in [0.29, 0.717) is 10.5 Å². The summed E-state index contributed by atoms with van der Waals surface area (Å²) in [4.78, 5) is 93.5. The summed E-state index contributed by atoms with van der Waals surface area (Å²) < 4.78 is 31.9. The van der Waals surface area contributed by atoms with Crippen molar-refractivity contribution < 1.29 is 67.1 Å². The smallest absolute Gasteiger partial charge is 0.414 e. The molecular formula is C40H54N4O14. The first-order chi connectivity index (χ1) is 26.5. The number of alkyl carbamates (subject to hydrolysis) is 2. The molecule has 2 rings (SSSR count). The molecule has 18 heteroatoms. The number of Topliss-reactive ketones (excluding diaryl/α,β-unsaturated/α-hetero) is 1. The van der Waals surface area contributed by atoms with Crippen LogP contribution in [0.5, 0.6) is 5.75 Å². The second-order valence-corrected chi connectivity index (χ2v) is 16.7. The van der Waals surface area contributed by atoms with Crippen molar-refractivity contribution in [2.45, 2.75) is 118 Å². The molecule has 2 aromatic carbocycles. The average molecular weight is 815 g/mol. The summed E-state index contributed by atoms with van der Waals surface area (Å²) in [5.74, 6) is -4.58. The van der Waals surface area contributed by atoms with Crippen LogP contribution < -0.4 is 15.4 Å². The van der Waals surface area contributed by atoms with Gasteiger partial charge in [0.15, 0.2) is 11.8 Å². The Balaban J connectivity index is 2.17. The monoisotopic (exact) mass is 814 g/mol. The maximum absolute atomic E-state index is 13.2. The molecule has 0 saturated heterocycles. The van der Waals surface area contributed by atoms with Crippen LogP contribution in [0, 0.1) is 0 Å². The Morgan fingerprint density at radius 1 is 0.690 bits per heavy atom. The van der Waals surface area contributed by atoms with Crippen LogP contribution in [0.2, 0.25) is 0 Å². The number of ketones is 1. The van der Waals surface area contributed by atoms with Gasteiger partial charge < -0.3 is 33.5 Å². The molecule has 3 amide bonds. The number of rotatable bonds is 12. The highest BCUT2D eigenvalue weighted by molar-refractivity contribution is 6.06. The normalized spacial score (nSPS) is 12.2. The maximum atomic E-state index is 13.2. The number of hydrogen-bond acceptors (Lipinski definition) is 14. The molecule has 1 atom stereocenters. The van der Waals surface area contributed by atoms with Crippen molar-refractivity contribution in [1.82, 2.24) is 15.5 Å². The molecular weight excluding hydrogens is 760 g/mol. The minimum atomic E-state index is -2.12. The highest BCUT2D eigenvalue weighted by Gasteiger charge is 2.39. The second kappa shape index (κ2) is 19.9. The third kappa shape index (κ3) is 18.7. The van der Waals surface area contributed by atoms with Gasteiger partial charge in [0.2, 0.25) is 5.96 Å². The predicted octanol–water partition coefficient (Wildman–Crippen LogP) is 6.06. The van der Waals surface area contributed by atoms with E-state index >= 15 is 0 Å². The van der Waals surface area contributed by atoms with Crippen LogP contribution in [0.4, 0.5) is 20.1 Å². The first-order valence-corrected chi connectivity index (χ1v) is 18.0. The van der Waals surface area contributed by atoms with Crippen LogP contribution in [0.25, 0.3) is 0 Å². The molecule has 0 unspecified atom stereocenters. The minimum absolute atomic E-state index is 0.120. The standard InChI is InChI=1S/C40H54N4O14/c1-37(2,3)54-23-28(45)30(31(47)48)44(21-29(46)56-38(4,5)6)36(52)53-22-24-13-19-27(20-14-24)55-32(49)25-15-17-26(18-16-25)41-33(42-34(50)57-39(7,8)9)43-35(51)58-40(10,11)12/h13-20,30H,21-23H2,1-12H3,(H,47,48)(H2,41,42,43,50,51)/t30-/m0/s1. The number of nitrogens with one attached hydrogen (secondary N) is 2. The van der Waals surface area contributed by atoms with Crippen molar-refractivity contribution in [2.75, 3.05) is 13.2 Å². The topological polar surface area (TPSA) is 235 Å². The molecule has 0 aliphatic rings. The molecule has 0 fully saturated rings. The molecule has 0 bridgehead atoms. The fourth-order valence-corrected chi connectivity index (χ4v) is 4.32. The summed E-state index contributed by atoms with van der Waals surface area (Å²) in [5.41, 5.74) is -2.69. The molecule has 0 aromatic heterocycles. The van der Waals surface area contributed by atoms with Crippen LogP contribution in [0.15, 0.2) is 53.5 Å². The lowest BCUT2D eigenvalue weighted by Gasteiger charge is -2.29. The van der Waals surface area contributed by atoms with Crippen molar-refractivity contribution in [3.8, 4) is 5.75 Å². The van der Waals surface area contributed by atoms with Crippen molar-refractivity contribution in [1.29, 1.82) is 0 Å². The number of carboxylic acids is 1. The van der Waals surface area contributed by atoms with E-state index in [0.717, 1.165) is 0 Å². The number of carboxylic acid groups (broad SMARTS) is 1. The average Bonchev–Trinajstić information content (AvgIpc) is 3.03. The Morgan fingerprint density at radius 3 is 1.64 bits per heavy atom. The quantitative estimate of drug-likeness (QED) is 0.0552.